The molecule has 4 rings (SSSR count). The quantitative estimate of drug-likeness (QED) is 0.309. The molecule has 0 aliphatic heterocycles. The van der Waals surface area contributed by atoms with Crippen molar-refractivity contribution in [1.82, 2.24) is 14.9 Å². The third kappa shape index (κ3) is 5.56. The molecule has 1 N–H and O–H groups in total. The summed E-state index contributed by atoms with van der Waals surface area (Å²) in [6, 6.07) is 20.3. The third-order valence-electron chi connectivity index (χ3n) is 5.47. The summed E-state index contributed by atoms with van der Waals surface area (Å²) in [4.78, 5) is 17.7. The maximum atomic E-state index is 12.1. The van der Waals surface area contributed by atoms with Gasteiger partial charge in [-0.1, -0.05) is 37.3 Å². The lowest BCUT2D eigenvalue weighted by molar-refractivity contribution is 0.0957. The number of hydrogen-bond acceptors (Lipinski definition) is 4. The molecule has 5 nitrogen and oxygen atoms in total. The zero-order valence-corrected chi connectivity index (χ0v) is 19.2. The van der Waals surface area contributed by atoms with Crippen LogP contribution in [0.2, 0.25) is 0 Å². The summed E-state index contributed by atoms with van der Waals surface area (Å²) in [5, 5.41) is 4.92. The zero-order chi connectivity index (χ0) is 22.2. The van der Waals surface area contributed by atoms with E-state index in [-0.39, 0.29) is 5.91 Å². The Balaban J connectivity index is 1.31. The molecule has 0 bridgehead atoms. The number of benzene rings is 2. The Hall–Kier alpha value is -3.12. The average Bonchev–Trinajstić information content (AvgIpc) is 3.48. The van der Waals surface area contributed by atoms with E-state index in [4.69, 9.17) is 9.72 Å². The monoisotopic (exact) mass is 447 g/mol. The summed E-state index contributed by atoms with van der Waals surface area (Å²) in [6.45, 7) is 4.30. The van der Waals surface area contributed by atoms with Crippen molar-refractivity contribution in [2.75, 3.05) is 13.2 Å². The van der Waals surface area contributed by atoms with Gasteiger partial charge in [0.15, 0.2) is 0 Å². The standard InChI is InChI=1S/C26H29N3O2S/c1-2-20-12-14-21(15-13-20)31-18-7-17-29-23-9-4-3-8-22(23)28-25(29)11-5-16-27-26(30)24-10-6-19-32-24/h3-4,6,8-10,12-15,19H,2,5,7,11,16-18H2,1H3,(H,27,30). The molecule has 0 saturated carbocycles. The number of fused-ring (bicyclic) bond motifs is 1. The van der Waals surface area contributed by atoms with E-state index in [1.54, 1.807) is 0 Å². The number of amides is 1. The summed E-state index contributed by atoms with van der Waals surface area (Å²) in [7, 11) is 0. The second-order valence-electron chi connectivity index (χ2n) is 7.70. The van der Waals surface area contributed by atoms with Gasteiger partial charge in [-0.2, -0.15) is 0 Å². The maximum absolute atomic E-state index is 12.1. The lowest BCUT2D eigenvalue weighted by Crippen LogP contribution is -2.24. The van der Waals surface area contributed by atoms with E-state index in [0.29, 0.717) is 13.2 Å². The van der Waals surface area contributed by atoms with Gasteiger partial charge < -0.3 is 14.6 Å². The molecule has 32 heavy (non-hydrogen) atoms. The fourth-order valence-electron chi connectivity index (χ4n) is 3.74. The lowest BCUT2D eigenvalue weighted by Gasteiger charge is -2.11. The van der Waals surface area contributed by atoms with Crippen LogP contribution in [0.5, 0.6) is 5.75 Å². The number of thiophene rings is 1. The highest BCUT2D eigenvalue weighted by molar-refractivity contribution is 7.12. The largest absolute Gasteiger partial charge is 0.494 e. The van der Waals surface area contributed by atoms with Crippen LogP contribution in [-0.2, 0) is 19.4 Å². The lowest BCUT2D eigenvalue weighted by atomic mass is 10.2. The third-order valence-corrected chi connectivity index (χ3v) is 6.34. The smallest absolute Gasteiger partial charge is 0.261 e. The maximum Gasteiger partial charge on any atom is 0.261 e. The highest BCUT2D eigenvalue weighted by atomic mass is 32.1. The van der Waals surface area contributed by atoms with Gasteiger partial charge in [0, 0.05) is 19.5 Å². The number of nitrogens with one attached hydrogen (secondary N) is 1. The van der Waals surface area contributed by atoms with Gasteiger partial charge in [0.1, 0.15) is 11.6 Å². The molecule has 2 aromatic heterocycles. The van der Waals surface area contributed by atoms with E-state index in [0.717, 1.165) is 59.7 Å². The average molecular weight is 448 g/mol. The molecule has 6 heteroatoms. The Bertz CT molecular complexity index is 1130. The number of carbonyl (C=O) groups is 1. The fourth-order valence-corrected chi connectivity index (χ4v) is 4.38. The molecular weight excluding hydrogens is 418 g/mol. The molecule has 2 heterocycles. The van der Waals surface area contributed by atoms with Gasteiger partial charge in [0.25, 0.3) is 5.91 Å². The minimum absolute atomic E-state index is 0.00220. The highest BCUT2D eigenvalue weighted by Crippen LogP contribution is 2.18. The molecule has 0 spiro atoms. The number of nitrogens with zero attached hydrogens (tertiary/aromatic N) is 2. The van der Waals surface area contributed by atoms with Crippen LogP contribution in [0.3, 0.4) is 0 Å². The molecule has 0 saturated heterocycles. The second kappa shape index (κ2) is 11.0. The predicted octanol–water partition coefficient (Wildman–Crippen LogP) is 5.49. The number of ether oxygens (including phenoxy) is 1. The first-order valence-corrected chi connectivity index (χ1v) is 12.1. The number of carbonyl (C=O) groups excluding carboxylic acids is 1. The van der Waals surface area contributed by atoms with Crippen LogP contribution in [-0.4, -0.2) is 28.6 Å². The van der Waals surface area contributed by atoms with E-state index < -0.39 is 0 Å². The Labute approximate surface area is 193 Å². The number of aryl methyl sites for hydroxylation is 3. The van der Waals surface area contributed by atoms with Crippen LogP contribution < -0.4 is 10.1 Å². The molecule has 0 aliphatic rings. The van der Waals surface area contributed by atoms with Gasteiger partial charge in [0.05, 0.1) is 22.5 Å². The van der Waals surface area contributed by atoms with Crippen LogP contribution in [0.4, 0.5) is 0 Å². The highest BCUT2D eigenvalue weighted by Gasteiger charge is 2.11. The van der Waals surface area contributed by atoms with E-state index in [2.05, 4.69) is 47.1 Å². The molecule has 0 unspecified atom stereocenters. The van der Waals surface area contributed by atoms with Crippen molar-refractivity contribution < 1.29 is 9.53 Å². The van der Waals surface area contributed by atoms with Crippen molar-refractivity contribution in [3.63, 3.8) is 0 Å². The van der Waals surface area contributed by atoms with Gasteiger partial charge in [-0.3, -0.25) is 4.79 Å². The number of rotatable bonds is 11. The predicted molar refractivity (Wildman–Crippen MR) is 131 cm³/mol. The Morgan fingerprint density at radius 1 is 1.06 bits per heavy atom. The van der Waals surface area contributed by atoms with Crippen LogP contribution in [0.1, 0.15) is 40.8 Å². The molecule has 1 amide bonds. The van der Waals surface area contributed by atoms with Crippen molar-refractivity contribution in [2.24, 2.45) is 0 Å². The molecule has 0 fully saturated rings. The Kier molecular flexibility index (Phi) is 7.56. The summed E-state index contributed by atoms with van der Waals surface area (Å²) in [5.41, 5.74) is 3.48. The van der Waals surface area contributed by atoms with Gasteiger partial charge >= 0.3 is 0 Å². The topological polar surface area (TPSA) is 56.1 Å². The molecule has 0 atom stereocenters. The molecule has 4 aromatic rings. The minimum Gasteiger partial charge on any atom is -0.494 e. The molecule has 166 valence electrons. The first-order chi connectivity index (χ1) is 15.7. The summed E-state index contributed by atoms with van der Waals surface area (Å²) < 4.78 is 8.23. The van der Waals surface area contributed by atoms with Crippen molar-refractivity contribution in [1.29, 1.82) is 0 Å². The van der Waals surface area contributed by atoms with Gasteiger partial charge in [0.2, 0.25) is 0 Å². The zero-order valence-electron chi connectivity index (χ0n) is 18.4. The Morgan fingerprint density at radius 2 is 1.91 bits per heavy atom. The van der Waals surface area contributed by atoms with Crippen molar-refractivity contribution >= 4 is 28.3 Å². The number of hydrogen-bond donors (Lipinski definition) is 1. The van der Waals surface area contributed by atoms with Crippen molar-refractivity contribution in [3.05, 3.63) is 82.3 Å². The first-order valence-electron chi connectivity index (χ1n) is 11.2. The Morgan fingerprint density at radius 3 is 2.69 bits per heavy atom. The second-order valence-corrected chi connectivity index (χ2v) is 8.65. The summed E-state index contributed by atoms with van der Waals surface area (Å²) >= 11 is 1.46. The normalized spacial score (nSPS) is 11.0. The van der Waals surface area contributed by atoms with Gasteiger partial charge in [-0.25, -0.2) is 4.98 Å². The van der Waals surface area contributed by atoms with Crippen LogP contribution in [0.25, 0.3) is 11.0 Å². The van der Waals surface area contributed by atoms with Crippen molar-refractivity contribution in [2.45, 2.75) is 39.2 Å². The molecule has 2 aromatic carbocycles. The van der Waals surface area contributed by atoms with E-state index >= 15 is 0 Å². The van der Waals surface area contributed by atoms with E-state index in [9.17, 15) is 4.79 Å². The fraction of sp³-hybridized carbons (Fsp3) is 0.308. The molecule has 0 aliphatic carbocycles. The number of para-hydroxylation sites is 2. The SMILES string of the molecule is CCc1ccc(OCCCn2c(CCCNC(=O)c3cccs3)nc3ccccc32)cc1. The van der Waals surface area contributed by atoms with E-state index in [1.807, 2.05) is 35.7 Å². The molecular formula is C26H29N3O2S. The van der Waals surface area contributed by atoms with Crippen molar-refractivity contribution in [3.8, 4) is 5.75 Å². The van der Waals surface area contributed by atoms with Crippen LogP contribution >= 0.6 is 11.3 Å². The summed E-state index contributed by atoms with van der Waals surface area (Å²) in [6.07, 6.45) is 3.60. The van der Waals surface area contributed by atoms with Crippen LogP contribution in [0.15, 0.2) is 66.0 Å². The first kappa shape index (κ1) is 22.1. The van der Waals surface area contributed by atoms with E-state index in [1.165, 1.54) is 16.9 Å². The van der Waals surface area contributed by atoms with Gasteiger partial charge in [-0.05, 0) is 60.5 Å². The van der Waals surface area contributed by atoms with Gasteiger partial charge in [-0.15, -0.1) is 11.3 Å². The molecule has 0 radical (unpaired) electrons. The number of aromatic nitrogens is 2. The van der Waals surface area contributed by atoms with Crippen LogP contribution in [0, 0.1) is 0 Å². The number of imidazole rings is 1. The minimum atomic E-state index is -0.00220. The summed E-state index contributed by atoms with van der Waals surface area (Å²) in [5.74, 6) is 1.97.